The van der Waals surface area contributed by atoms with Crippen molar-refractivity contribution in [2.75, 3.05) is 18.9 Å². The Kier molecular flexibility index (Phi) is 5.86. The quantitative estimate of drug-likeness (QED) is 0.798. The molecule has 0 fully saturated rings. The van der Waals surface area contributed by atoms with E-state index in [2.05, 4.69) is 5.32 Å². The molecule has 0 heterocycles. The number of likely N-dealkylation sites (N-methyl/N-ethyl adjacent to an activating group) is 1. The number of amides is 2. The number of alkyl halides is 3. The highest BCUT2D eigenvalue weighted by Gasteiger charge is 2.33. The van der Waals surface area contributed by atoms with Gasteiger partial charge in [0.25, 0.3) is 5.91 Å². The summed E-state index contributed by atoms with van der Waals surface area (Å²) >= 11 is 5.79. The van der Waals surface area contributed by atoms with Crippen LogP contribution in [0.25, 0.3) is 0 Å². The Morgan fingerprint density at radius 2 is 1.77 bits per heavy atom. The Morgan fingerprint density at radius 1 is 1.12 bits per heavy atom. The molecule has 0 aliphatic heterocycles. The predicted octanol–water partition coefficient (Wildman–Crippen LogP) is 4.21. The molecule has 0 bridgehead atoms. The van der Waals surface area contributed by atoms with E-state index in [-0.39, 0.29) is 5.02 Å². The maximum absolute atomic E-state index is 13.8. The highest BCUT2D eigenvalue weighted by Crippen LogP contribution is 2.34. The monoisotopic (exact) mass is 388 g/mol. The van der Waals surface area contributed by atoms with E-state index < -0.39 is 47.2 Å². The maximum atomic E-state index is 13.8. The second-order valence-electron chi connectivity index (χ2n) is 5.35. The number of carbonyl (C=O) groups excluding carboxylic acids is 2. The van der Waals surface area contributed by atoms with Gasteiger partial charge in [0.2, 0.25) is 5.91 Å². The van der Waals surface area contributed by atoms with Crippen LogP contribution in [0.15, 0.2) is 42.5 Å². The zero-order chi connectivity index (χ0) is 19.5. The lowest BCUT2D eigenvalue weighted by Crippen LogP contribution is -2.35. The lowest BCUT2D eigenvalue weighted by atomic mass is 10.1. The van der Waals surface area contributed by atoms with Crippen LogP contribution in [0.1, 0.15) is 15.9 Å². The topological polar surface area (TPSA) is 49.4 Å². The molecule has 0 aromatic heterocycles. The zero-order valence-electron chi connectivity index (χ0n) is 13.4. The summed E-state index contributed by atoms with van der Waals surface area (Å²) in [6, 6.07) is 8.10. The Labute approximate surface area is 151 Å². The molecule has 9 heteroatoms. The molecule has 0 saturated heterocycles. The molecule has 0 aliphatic carbocycles. The molecule has 2 rings (SSSR count). The molecule has 4 nitrogen and oxygen atoms in total. The van der Waals surface area contributed by atoms with Gasteiger partial charge in [0, 0.05) is 7.05 Å². The number of hydrogen-bond acceptors (Lipinski definition) is 2. The van der Waals surface area contributed by atoms with Crippen LogP contribution in [0.3, 0.4) is 0 Å². The van der Waals surface area contributed by atoms with Crippen LogP contribution in [0.2, 0.25) is 5.02 Å². The minimum absolute atomic E-state index is 0.135. The average Bonchev–Trinajstić information content (AvgIpc) is 2.53. The van der Waals surface area contributed by atoms with Gasteiger partial charge in [-0.25, -0.2) is 4.39 Å². The minimum Gasteiger partial charge on any atom is -0.332 e. The number of halogens is 5. The first-order chi connectivity index (χ1) is 12.1. The largest absolute Gasteiger partial charge is 0.418 e. The van der Waals surface area contributed by atoms with Gasteiger partial charge in [0.15, 0.2) is 0 Å². The van der Waals surface area contributed by atoms with Crippen LogP contribution >= 0.6 is 11.6 Å². The van der Waals surface area contributed by atoms with Crippen molar-refractivity contribution in [1.29, 1.82) is 0 Å². The van der Waals surface area contributed by atoms with Crippen molar-refractivity contribution in [2.24, 2.45) is 0 Å². The predicted molar refractivity (Wildman–Crippen MR) is 88.4 cm³/mol. The summed E-state index contributed by atoms with van der Waals surface area (Å²) in [5.41, 5.74) is -1.87. The third kappa shape index (κ3) is 4.51. The number of benzene rings is 2. The van der Waals surface area contributed by atoms with Crippen molar-refractivity contribution in [3.05, 3.63) is 64.4 Å². The van der Waals surface area contributed by atoms with Crippen molar-refractivity contribution in [1.82, 2.24) is 4.90 Å². The van der Waals surface area contributed by atoms with E-state index in [4.69, 9.17) is 11.6 Å². The summed E-state index contributed by atoms with van der Waals surface area (Å²) in [5, 5.41) is 1.97. The standard InChI is InChI=1S/C17H13ClF4N2O2/c1-24(16(26)15-11(18)6-4-7-12(15)19)9-14(25)23-13-8-3-2-5-10(13)17(20,21)22/h2-8H,9H2,1H3,(H,23,25). The number of para-hydroxylation sites is 1. The molecular weight excluding hydrogens is 376 g/mol. The summed E-state index contributed by atoms with van der Waals surface area (Å²) < 4.78 is 52.6. The van der Waals surface area contributed by atoms with Crippen LogP contribution < -0.4 is 5.32 Å². The van der Waals surface area contributed by atoms with Crippen molar-refractivity contribution in [3.8, 4) is 0 Å². The van der Waals surface area contributed by atoms with Gasteiger partial charge in [0.05, 0.1) is 28.4 Å². The van der Waals surface area contributed by atoms with E-state index in [9.17, 15) is 27.2 Å². The van der Waals surface area contributed by atoms with Gasteiger partial charge in [-0.2, -0.15) is 13.2 Å². The van der Waals surface area contributed by atoms with Crippen LogP contribution in [-0.2, 0) is 11.0 Å². The molecular formula is C17H13ClF4N2O2. The van der Waals surface area contributed by atoms with Crippen molar-refractivity contribution in [2.45, 2.75) is 6.18 Å². The second-order valence-corrected chi connectivity index (χ2v) is 5.76. The molecule has 138 valence electrons. The molecule has 2 aromatic rings. The van der Waals surface area contributed by atoms with Crippen LogP contribution in [0.5, 0.6) is 0 Å². The number of nitrogens with one attached hydrogen (secondary N) is 1. The Balaban J connectivity index is 2.12. The number of nitrogens with zero attached hydrogens (tertiary/aromatic N) is 1. The third-order valence-electron chi connectivity index (χ3n) is 3.41. The van der Waals surface area contributed by atoms with E-state index in [1.807, 2.05) is 0 Å². The summed E-state index contributed by atoms with van der Waals surface area (Å²) in [6.07, 6.45) is -4.65. The lowest BCUT2D eigenvalue weighted by Gasteiger charge is -2.19. The normalized spacial score (nSPS) is 11.2. The fourth-order valence-corrected chi connectivity index (χ4v) is 2.45. The maximum Gasteiger partial charge on any atom is 0.418 e. The van der Waals surface area contributed by atoms with E-state index in [1.54, 1.807) is 0 Å². The Bertz CT molecular complexity index is 820. The highest BCUT2D eigenvalue weighted by atomic mass is 35.5. The number of rotatable bonds is 4. The fourth-order valence-electron chi connectivity index (χ4n) is 2.21. The van der Waals surface area contributed by atoms with Gasteiger partial charge in [-0.3, -0.25) is 9.59 Å². The minimum atomic E-state index is -4.65. The van der Waals surface area contributed by atoms with Crippen LogP contribution in [0.4, 0.5) is 23.2 Å². The van der Waals surface area contributed by atoms with Gasteiger partial charge in [-0.15, -0.1) is 0 Å². The Morgan fingerprint density at radius 3 is 2.38 bits per heavy atom. The van der Waals surface area contributed by atoms with Crippen molar-refractivity contribution in [3.63, 3.8) is 0 Å². The first-order valence-corrected chi connectivity index (χ1v) is 7.64. The molecule has 0 unspecified atom stereocenters. The van der Waals surface area contributed by atoms with E-state index >= 15 is 0 Å². The summed E-state index contributed by atoms with van der Waals surface area (Å²) in [5.74, 6) is -2.60. The summed E-state index contributed by atoms with van der Waals surface area (Å²) in [4.78, 5) is 25.1. The summed E-state index contributed by atoms with van der Waals surface area (Å²) in [6.45, 7) is -0.588. The van der Waals surface area contributed by atoms with Gasteiger partial charge in [-0.1, -0.05) is 29.8 Å². The number of anilines is 1. The molecule has 2 aromatic carbocycles. The second kappa shape index (κ2) is 7.74. The van der Waals surface area contributed by atoms with Gasteiger partial charge < -0.3 is 10.2 Å². The highest BCUT2D eigenvalue weighted by molar-refractivity contribution is 6.33. The molecule has 1 N–H and O–H groups in total. The molecule has 0 atom stereocenters. The average molecular weight is 389 g/mol. The van der Waals surface area contributed by atoms with Crippen molar-refractivity contribution < 1.29 is 27.2 Å². The molecule has 26 heavy (non-hydrogen) atoms. The van der Waals surface area contributed by atoms with Gasteiger partial charge in [-0.05, 0) is 24.3 Å². The Hall–Kier alpha value is -2.61. The van der Waals surface area contributed by atoms with E-state index in [0.29, 0.717) is 0 Å². The summed E-state index contributed by atoms with van der Waals surface area (Å²) in [7, 11) is 1.21. The lowest BCUT2D eigenvalue weighted by molar-refractivity contribution is -0.137. The smallest absolute Gasteiger partial charge is 0.332 e. The van der Waals surface area contributed by atoms with E-state index in [1.165, 1.54) is 31.3 Å². The number of carbonyl (C=O) groups is 2. The molecule has 0 aliphatic rings. The van der Waals surface area contributed by atoms with Crippen molar-refractivity contribution >= 4 is 29.1 Å². The van der Waals surface area contributed by atoms with Crippen LogP contribution in [0, 0.1) is 5.82 Å². The first kappa shape index (κ1) is 19.7. The van der Waals surface area contributed by atoms with E-state index in [0.717, 1.165) is 23.1 Å². The van der Waals surface area contributed by atoms with Gasteiger partial charge >= 0.3 is 6.18 Å². The third-order valence-corrected chi connectivity index (χ3v) is 3.73. The molecule has 2 amide bonds. The zero-order valence-corrected chi connectivity index (χ0v) is 14.2. The molecule has 0 saturated carbocycles. The first-order valence-electron chi connectivity index (χ1n) is 7.27. The number of hydrogen-bond donors (Lipinski definition) is 1. The van der Waals surface area contributed by atoms with Crippen LogP contribution in [-0.4, -0.2) is 30.3 Å². The molecule has 0 radical (unpaired) electrons. The SMILES string of the molecule is CN(CC(=O)Nc1ccccc1C(F)(F)F)C(=O)c1c(F)cccc1Cl. The van der Waals surface area contributed by atoms with Gasteiger partial charge in [0.1, 0.15) is 5.82 Å². The molecule has 0 spiro atoms. The fraction of sp³-hybridized carbons (Fsp3) is 0.176.